The van der Waals surface area contributed by atoms with Gasteiger partial charge in [0.25, 0.3) is 0 Å². The van der Waals surface area contributed by atoms with Gasteiger partial charge in [0.1, 0.15) is 0 Å². The topological polar surface area (TPSA) is 50.1 Å². The predicted octanol–water partition coefficient (Wildman–Crippen LogP) is 2.78. The van der Waals surface area contributed by atoms with Crippen molar-refractivity contribution < 1.29 is 9.53 Å². The number of rotatable bonds is 3. The maximum absolute atomic E-state index is 11.6. The maximum atomic E-state index is 11.6. The van der Waals surface area contributed by atoms with Crippen molar-refractivity contribution >= 4 is 17.6 Å². The van der Waals surface area contributed by atoms with E-state index in [0.29, 0.717) is 23.3 Å². The number of benzene rings is 1. The van der Waals surface area contributed by atoms with Gasteiger partial charge in [0.2, 0.25) is 0 Å². The van der Waals surface area contributed by atoms with Crippen molar-refractivity contribution in [1.29, 1.82) is 5.26 Å². The van der Waals surface area contributed by atoms with Crippen molar-refractivity contribution in [2.75, 3.05) is 6.61 Å². The van der Waals surface area contributed by atoms with Crippen LogP contribution in [0.4, 0.5) is 0 Å². The first-order valence-electron chi connectivity index (χ1n) is 4.91. The Morgan fingerprint density at radius 1 is 1.56 bits per heavy atom. The number of halogens is 1. The largest absolute Gasteiger partial charge is 0.462 e. The first-order chi connectivity index (χ1) is 7.65. The lowest BCUT2D eigenvalue weighted by molar-refractivity contribution is 0.0525. The van der Waals surface area contributed by atoms with Crippen LogP contribution in [0.5, 0.6) is 0 Å². The van der Waals surface area contributed by atoms with Gasteiger partial charge in [0.15, 0.2) is 0 Å². The number of esters is 1. The number of carbonyl (C=O) groups is 1. The molecule has 0 amide bonds. The van der Waals surface area contributed by atoms with Crippen molar-refractivity contribution in [3.8, 4) is 6.07 Å². The zero-order valence-electron chi connectivity index (χ0n) is 9.21. The molecule has 0 radical (unpaired) electrons. The van der Waals surface area contributed by atoms with Crippen molar-refractivity contribution in [3.63, 3.8) is 0 Å². The number of hydrogen-bond donors (Lipinski definition) is 0. The zero-order valence-corrected chi connectivity index (χ0v) is 9.97. The van der Waals surface area contributed by atoms with Gasteiger partial charge in [0, 0.05) is 5.88 Å². The molecule has 0 atom stereocenters. The standard InChI is InChI=1S/C12H12ClNO2/c1-3-16-12(15)10-5-4-9(6-13)11(7-14)8(10)2/h4-5H,3,6H2,1-2H3. The van der Waals surface area contributed by atoms with Gasteiger partial charge in [-0.15, -0.1) is 11.6 Å². The van der Waals surface area contributed by atoms with Gasteiger partial charge in [0.05, 0.1) is 23.8 Å². The monoisotopic (exact) mass is 237 g/mol. The number of nitrogens with zero attached hydrogens (tertiary/aromatic N) is 1. The Balaban J connectivity index is 3.25. The SMILES string of the molecule is CCOC(=O)c1ccc(CCl)c(C#N)c1C. The second-order valence-corrected chi connectivity index (χ2v) is 3.51. The summed E-state index contributed by atoms with van der Waals surface area (Å²) in [5.41, 5.74) is 2.24. The third-order valence-corrected chi connectivity index (χ3v) is 2.59. The predicted molar refractivity (Wildman–Crippen MR) is 61.4 cm³/mol. The lowest BCUT2D eigenvalue weighted by Gasteiger charge is -2.09. The van der Waals surface area contributed by atoms with Crippen LogP contribution in [0.25, 0.3) is 0 Å². The second-order valence-electron chi connectivity index (χ2n) is 3.24. The van der Waals surface area contributed by atoms with E-state index >= 15 is 0 Å². The van der Waals surface area contributed by atoms with Crippen LogP contribution >= 0.6 is 11.6 Å². The number of nitriles is 1. The molecule has 0 spiro atoms. The lowest BCUT2D eigenvalue weighted by Crippen LogP contribution is -2.08. The number of alkyl halides is 1. The van der Waals surface area contributed by atoms with Gasteiger partial charge < -0.3 is 4.74 Å². The Kier molecular flexibility index (Phi) is 4.33. The summed E-state index contributed by atoms with van der Waals surface area (Å²) in [6.45, 7) is 3.78. The molecule has 1 aromatic rings. The lowest BCUT2D eigenvalue weighted by atomic mass is 9.98. The van der Waals surface area contributed by atoms with Gasteiger partial charge in [-0.3, -0.25) is 0 Å². The van der Waals surface area contributed by atoms with Crippen LogP contribution in [0, 0.1) is 18.3 Å². The van der Waals surface area contributed by atoms with Crippen LogP contribution in [0.3, 0.4) is 0 Å². The fraction of sp³-hybridized carbons (Fsp3) is 0.333. The average Bonchev–Trinajstić information content (AvgIpc) is 2.28. The van der Waals surface area contributed by atoms with Gasteiger partial charge in [-0.25, -0.2) is 4.79 Å². The molecular weight excluding hydrogens is 226 g/mol. The van der Waals surface area contributed by atoms with E-state index in [1.807, 2.05) is 0 Å². The summed E-state index contributed by atoms with van der Waals surface area (Å²) in [4.78, 5) is 11.6. The molecule has 0 unspecified atom stereocenters. The second kappa shape index (κ2) is 5.53. The Morgan fingerprint density at radius 3 is 2.75 bits per heavy atom. The first-order valence-corrected chi connectivity index (χ1v) is 5.44. The molecule has 0 aliphatic heterocycles. The minimum atomic E-state index is -0.405. The van der Waals surface area contributed by atoms with E-state index in [-0.39, 0.29) is 5.88 Å². The molecule has 16 heavy (non-hydrogen) atoms. The van der Waals surface area contributed by atoms with Crippen molar-refractivity contribution in [2.24, 2.45) is 0 Å². The first kappa shape index (κ1) is 12.5. The quantitative estimate of drug-likeness (QED) is 0.600. The van der Waals surface area contributed by atoms with Gasteiger partial charge in [-0.1, -0.05) is 6.07 Å². The fourth-order valence-electron chi connectivity index (χ4n) is 1.46. The van der Waals surface area contributed by atoms with E-state index in [0.717, 1.165) is 5.56 Å². The zero-order chi connectivity index (χ0) is 12.1. The van der Waals surface area contributed by atoms with Gasteiger partial charge >= 0.3 is 5.97 Å². The summed E-state index contributed by atoms with van der Waals surface area (Å²) >= 11 is 5.71. The molecule has 0 bridgehead atoms. The van der Waals surface area contributed by atoms with Crippen molar-refractivity contribution in [2.45, 2.75) is 19.7 Å². The highest BCUT2D eigenvalue weighted by Crippen LogP contribution is 2.20. The molecule has 3 nitrogen and oxygen atoms in total. The Bertz CT molecular complexity index is 449. The average molecular weight is 238 g/mol. The van der Waals surface area contributed by atoms with Crippen LogP contribution in [0.15, 0.2) is 12.1 Å². The molecule has 1 aromatic carbocycles. The third-order valence-electron chi connectivity index (χ3n) is 2.30. The Hall–Kier alpha value is -1.53. The van der Waals surface area contributed by atoms with Gasteiger partial charge in [-0.2, -0.15) is 5.26 Å². The van der Waals surface area contributed by atoms with Crippen LogP contribution in [0.2, 0.25) is 0 Å². The van der Waals surface area contributed by atoms with E-state index in [2.05, 4.69) is 6.07 Å². The number of ether oxygens (including phenoxy) is 1. The summed E-state index contributed by atoms with van der Waals surface area (Å²) in [6.07, 6.45) is 0. The molecule has 0 saturated heterocycles. The molecule has 0 aromatic heterocycles. The molecule has 0 fully saturated rings. The minimum absolute atomic E-state index is 0.257. The van der Waals surface area contributed by atoms with Crippen molar-refractivity contribution in [3.05, 3.63) is 34.4 Å². The van der Waals surface area contributed by atoms with Crippen LogP contribution < -0.4 is 0 Å². The fourth-order valence-corrected chi connectivity index (χ4v) is 1.69. The van der Waals surface area contributed by atoms with Crippen LogP contribution in [-0.2, 0) is 10.6 Å². The molecule has 4 heteroatoms. The maximum Gasteiger partial charge on any atom is 0.338 e. The minimum Gasteiger partial charge on any atom is -0.462 e. The molecule has 1 rings (SSSR count). The van der Waals surface area contributed by atoms with E-state index < -0.39 is 5.97 Å². The number of carbonyl (C=O) groups excluding carboxylic acids is 1. The Labute approximate surface area is 99.6 Å². The normalized spacial score (nSPS) is 9.62. The summed E-state index contributed by atoms with van der Waals surface area (Å²) in [6, 6.07) is 5.39. The Morgan fingerprint density at radius 2 is 2.25 bits per heavy atom. The summed E-state index contributed by atoms with van der Waals surface area (Å²) in [5.74, 6) is -0.148. The smallest absolute Gasteiger partial charge is 0.338 e. The molecule has 0 heterocycles. The van der Waals surface area contributed by atoms with Crippen molar-refractivity contribution in [1.82, 2.24) is 0 Å². The van der Waals surface area contributed by atoms with E-state index in [4.69, 9.17) is 21.6 Å². The highest BCUT2D eigenvalue weighted by molar-refractivity contribution is 6.17. The summed E-state index contributed by atoms with van der Waals surface area (Å²) < 4.78 is 4.90. The number of hydrogen-bond acceptors (Lipinski definition) is 3. The van der Waals surface area contributed by atoms with Crippen LogP contribution in [0.1, 0.15) is 34.0 Å². The molecular formula is C12H12ClNO2. The molecule has 0 aliphatic carbocycles. The highest BCUT2D eigenvalue weighted by atomic mass is 35.5. The third kappa shape index (κ3) is 2.34. The van der Waals surface area contributed by atoms with E-state index in [1.165, 1.54) is 0 Å². The van der Waals surface area contributed by atoms with E-state index in [1.54, 1.807) is 26.0 Å². The molecule has 0 N–H and O–H groups in total. The molecule has 0 aliphatic rings. The summed E-state index contributed by atoms with van der Waals surface area (Å²) in [5, 5.41) is 9.01. The molecule has 84 valence electrons. The van der Waals surface area contributed by atoms with E-state index in [9.17, 15) is 4.79 Å². The van der Waals surface area contributed by atoms with Crippen LogP contribution in [-0.4, -0.2) is 12.6 Å². The van der Waals surface area contributed by atoms with Gasteiger partial charge in [-0.05, 0) is 31.0 Å². The highest BCUT2D eigenvalue weighted by Gasteiger charge is 2.15. The molecule has 0 saturated carbocycles. The summed E-state index contributed by atoms with van der Waals surface area (Å²) in [7, 11) is 0.